The van der Waals surface area contributed by atoms with E-state index in [9.17, 15) is 4.79 Å². The highest BCUT2D eigenvalue weighted by Crippen LogP contribution is 2.37. The molecule has 0 unspecified atom stereocenters. The lowest BCUT2D eigenvalue weighted by molar-refractivity contribution is 0.0471. The van der Waals surface area contributed by atoms with Gasteiger partial charge in [-0.15, -0.1) is 5.10 Å². The Morgan fingerprint density at radius 3 is 2.84 bits per heavy atom. The van der Waals surface area contributed by atoms with Gasteiger partial charge in [0.1, 0.15) is 12.9 Å². The second-order valence-corrected chi connectivity index (χ2v) is 6.00. The molecule has 0 atom stereocenters. The van der Waals surface area contributed by atoms with E-state index in [4.69, 9.17) is 14.2 Å². The summed E-state index contributed by atoms with van der Waals surface area (Å²) in [6.45, 7) is 0.268. The van der Waals surface area contributed by atoms with E-state index in [2.05, 4.69) is 31.5 Å². The Kier molecular flexibility index (Phi) is 4.06. The Morgan fingerprint density at radius 1 is 1.24 bits per heavy atom. The number of rotatable bonds is 4. The van der Waals surface area contributed by atoms with Crippen molar-refractivity contribution in [2.24, 2.45) is 0 Å². The fourth-order valence-electron chi connectivity index (χ4n) is 2.41. The van der Waals surface area contributed by atoms with Gasteiger partial charge in [-0.25, -0.2) is 4.79 Å². The minimum Gasteiger partial charge on any atom is -0.457 e. The van der Waals surface area contributed by atoms with Gasteiger partial charge in [0.05, 0.1) is 11.3 Å². The van der Waals surface area contributed by atoms with E-state index in [1.54, 1.807) is 36.4 Å². The molecule has 3 aromatic rings. The molecule has 25 heavy (non-hydrogen) atoms. The van der Waals surface area contributed by atoms with Crippen molar-refractivity contribution in [3.63, 3.8) is 0 Å². The Hall–Kier alpha value is -2.94. The molecule has 0 amide bonds. The zero-order valence-electron chi connectivity index (χ0n) is 12.8. The number of tetrazole rings is 1. The number of ether oxygens (including phenoxy) is 3. The van der Waals surface area contributed by atoms with Crippen LogP contribution in [0.4, 0.5) is 0 Å². The fraction of sp³-hybridized carbons (Fsp3) is 0.125. The number of para-hydroxylation sites is 1. The lowest BCUT2D eigenvalue weighted by atomic mass is 10.2. The van der Waals surface area contributed by atoms with Gasteiger partial charge >= 0.3 is 5.97 Å². The molecule has 0 saturated carbocycles. The number of esters is 1. The lowest BCUT2D eigenvalue weighted by Gasteiger charge is -2.10. The minimum absolute atomic E-state index is 0.0833. The van der Waals surface area contributed by atoms with Crippen LogP contribution in [0.1, 0.15) is 15.9 Å². The van der Waals surface area contributed by atoms with Crippen LogP contribution in [0.3, 0.4) is 0 Å². The number of carbonyl (C=O) groups excluding carboxylic acids is 1. The van der Waals surface area contributed by atoms with Crippen LogP contribution in [-0.4, -0.2) is 33.0 Å². The van der Waals surface area contributed by atoms with Gasteiger partial charge in [-0.2, -0.15) is 4.68 Å². The first-order valence-electron chi connectivity index (χ1n) is 7.30. The topological polar surface area (TPSA) is 88.4 Å². The van der Waals surface area contributed by atoms with E-state index in [0.29, 0.717) is 22.7 Å². The normalized spacial score (nSPS) is 12.2. The van der Waals surface area contributed by atoms with Crippen molar-refractivity contribution < 1.29 is 19.0 Å². The Morgan fingerprint density at radius 2 is 2.04 bits per heavy atom. The summed E-state index contributed by atoms with van der Waals surface area (Å²) in [5.74, 6) is 0.810. The summed E-state index contributed by atoms with van der Waals surface area (Å²) in [5, 5.41) is 11.0. The zero-order chi connectivity index (χ0) is 17.2. The molecular weight excluding hydrogens is 392 g/mol. The quantitative estimate of drug-likeness (QED) is 0.619. The molecular formula is C16H11BrN4O4. The summed E-state index contributed by atoms with van der Waals surface area (Å²) < 4.78 is 18.3. The monoisotopic (exact) mass is 402 g/mol. The standard InChI is InChI=1S/C16H11BrN4O4/c17-12-6-15-14(24-9-25-15)5-10(12)7-23-16(22)11-3-1-2-4-13(11)21-8-18-19-20-21/h1-6,8H,7,9H2. The van der Waals surface area contributed by atoms with Crippen molar-refractivity contribution in [1.82, 2.24) is 20.2 Å². The molecule has 0 fully saturated rings. The van der Waals surface area contributed by atoms with Crippen molar-refractivity contribution in [2.45, 2.75) is 6.61 Å². The van der Waals surface area contributed by atoms with Gasteiger partial charge in [0.2, 0.25) is 6.79 Å². The average molecular weight is 403 g/mol. The molecule has 0 aliphatic carbocycles. The van der Waals surface area contributed by atoms with Gasteiger partial charge in [-0.3, -0.25) is 0 Å². The smallest absolute Gasteiger partial charge is 0.340 e. The van der Waals surface area contributed by atoms with Crippen LogP contribution in [0.2, 0.25) is 0 Å². The van der Waals surface area contributed by atoms with Gasteiger partial charge in [0.15, 0.2) is 11.5 Å². The highest BCUT2D eigenvalue weighted by atomic mass is 79.9. The lowest BCUT2D eigenvalue weighted by Crippen LogP contribution is -2.10. The third-order valence-electron chi connectivity index (χ3n) is 3.62. The summed E-state index contributed by atoms with van der Waals surface area (Å²) in [7, 11) is 0. The maximum absolute atomic E-state index is 12.5. The number of fused-ring (bicyclic) bond motifs is 1. The molecule has 1 aromatic heterocycles. The molecule has 126 valence electrons. The first kappa shape index (κ1) is 15.6. The molecule has 0 radical (unpaired) electrons. The number of nitrogens with zero attached hydrogens (tertiary/aromatic N) is 4. The molecule has 1 aliphatic rings. The molecule has 2 aromatic carbocycles. The van der Waals surface area contributed by atoms with Gasteiger partial charge in [-0.1, -0.05) is 28.1 Å². The van der Waals surface area contributed by atoms with E-state index in [1.807, 2.05) is 0 Å². The van der Waals surface area contributed by atoms with Gasteiger partial charge in [-0.05, 0) is 34.7 Å². The third kappa shape index (κ3) is 3.05. The van der Waals surface area contributed by atoms with Gasteiger partial charge in [0, 0.05) is 10.0 Å². The number of hydrogen-bond acceptors (Lipinski definition) is 7. The van der Waals surface area contributed by atoms with Crippen molar-refractivity contribution >= 4 is 21.9 Å². The van der Waals surface area contributed by atoms with E-state index < -0.39 is 5.97 Å². The molecule has 0 bridgehead atoms. The highest BCUT2D eigenvalue weighted by molar-refractivity contribution is 9.10. The summed E-state index contributed by atoms with van der Waals surface area (Å²) in [4.78, 5) is 12.5. The highest BCUT2D eigenvalue weighted by Gasteiger charge is 2.19. The molecule has 0 saturated heterocycles. The number of aromatic nitrogens is 4. The summed E-state index contributed by atoms with van der Waals surface area (Å²) in [6.07, 6.45) is 1.42. The van der Waals surface area contributed by atoms with Gasteiger partial charge < -0.3 is 14.2 Å². The maximum Gasteiger partial charge on any atom is 0.340 e. The van der Waals surface area contributed by atoms with E-state index in [0.717, 1.165) is 10.0 Å². The van der Waals surface area contributed by atoms with Crippen LogP contribution in [0.5, 0.6) is 11.5 Å². The Balaban J connectivity index is 1.54. The molecule has 0 N–H and O–H groups in total. The second kappa shape index (κ2) is 6.52. The maximum atomic E-state index is 12.5. The van der Waals surface area contributed by atoms with Crippen LogP contribution in [-0.2, 0) is 11.3 Å². The van der Waals surface area contributed by atoms with Gasteiger partial charge in [0.25, 0.3) is 0 Å². The minimum atomic E-state index is -0.476. The molecule has 0 spiro atoms. The fourth-order valence-corrected chi connectivity index (χ4v) is 2.85. The molecule has 1 aliphatic heterocycles. The molecule has 9 heteroatoms. The van der Waals surface area contributed by atoms with Crippen LogP contribution >= 0.6 is 15.9 Å². The van der Waals surface area contributed by atoms with Crippen LogP contribution in [0.25, 0.3) is 5.69 Å². The molecule has 4 rings (SSSR count). The SMILES string of the molecule is O=C(OCc1cc2c(cc1Br)OCO2)c1ccccc1-n1cnnn1. The van der Waals surface area contributed by atoms with Crippen LogP contribution < -0.4 is 9.47 Å². The molecule has 2 heterocycles. The van der Waals surface area contributed by atoms with Crippen molar-refractivity contribution in [2.75, 3.05) is 6.79 Å². The first-order valence-corrected chi connectivity index (χ1v) is 8.09. The van der Waals surface area contributed by atoms with Crippen molar-refractivity contribution in [3.05, 3.63) is 58.3 Å². The summed E-state index contributed by atoms with van der Waals surface area (Å²) >= 11 is 3.44. The Bertz CT molecular complexity index is 930. The number of benzene rings is 2. The van der Waals surface area contributed by atoms with E-state index in [-0.39, 0.29) is 13.4 Å². The second-order valence-electron chi connectivity index (χ2n) is 5.14. The van der Waals surface area contributed by atoms with Crippen LogP contribution in [0, 0.1) is 0 Å². The number of halogens is 1. The summed E-state index contributed by atoms with van der Waals surface area (Å²) in [6, 6.07) is 10.5. The van der Waals surface area contributed by atoms with Crippen LogP contribution in [0.15, 0.2) is 47.2 Å². The molecule has 8 nitrogen and oxygen atoms in total. The zero-order valence-corrected chi connectivity index (χ0v) is 14.3. The van der Waals surface area contributed by atoms with E-state index >= 15 is 0 Å². The summed E-state index contributed by atoms with van der Waals surface area (Å²) in [5.41, 5.74) is 1.69. The predicted molar refractivity (Wildman–Crippen MR) is 88.5 cm³/mol. The van der Waals surface area contributed by atoms with Crippen molar-refractivity contribution in [1.29, 1.82) is 0 Å². The predicted octanol–water partition coefficient (Wildman–Crippen LogP) is 2.51. The average Bonchev–Trinajstić information content (AvgIpc) is 3.31. The third-order valence-corrected chi connectivity index (χ3v) is 4.36. The number of carbonyl (C=O) groups is 1. The van der Waals surface area contributed by atoms with E-state index in [1.165, 1.54) is 11.0 Å². The first-order chi connectivity index (χ1) is 12.2. The van der Waals surface area contributed by atoms with Crippen molar-refractivity contribution in [3.8, 4) is 17.2 Å². The Labute approximate surface area is 150 Å². The number of hydrogen-bond donors (Lipinski definition) is 0. The largest absolute Gasteiger partial charge is 0.457 e.